The van der Waals surface area contributed by atoms with Crippen molar-refractivity contribution in [1.29, 1.82) is 0 Å². The van der Waals surface area contributed by atoms with Gasteiger partial charge in [-0.2, -0.15) is 0 Å². The first-order valence-electron chi connectivity index (χ1n) is 10.2. The highest BCUT2D eigenvalue weighted by molar-refractivity contribution is 7.80. The SMILES string of the molecule is Fc1ccc(NC(=S)N(Cc2c[nH]c3ccccc23)C2CCCCCC2)cc1Cl. The van der Waals surface area contributed by atoms with E-state index in [0.29, 0.717) is 16.8 Å². The van der Waals surface area contributed by atoms with E-state index in [0.717, 1.165) is 24.9 Å². The van der Waals surface area contributed by atoms with E-state index in [1.54, 1.807) is 12.1 Å². The average molecular weight is 430 g/mol. The van der Waals surface area contributed by atoms with Crippen LogP contribution in [-0.2, 0) is 6.54 Å². The molecule has 0 unspecified atom stereocenters. The molecule has 1 fully saturated rings. The van der Waals surface area contributed by atoms with Crippen molar-refractivity contribution < 1.29 is 4.39 Å². The molecule has 0 spiro atoms. The molecule has 1 heterocycles. The van der Waals surface area contributed by atoms with Crippen LogP contribution >= 0.6 is 23.8 Å². The molecule has 3 nitrogen and oxygen atoms in total. The quantitative estimate of drug-likeness (QED) is 0.350. The van der Waals surface area contributed by atoms with Gasteiger partial charge in [-0.15, -0.1) is 0 Å². The van der Waals surface area contributed by atoms with Crippen LogP contribution in [0.1, 0.15) is 44.1 Å². The smallest absolute Gasteiger partial charge is 0.173 e. The van der Waals surface area contributed by atoms with Crippen molar-refractivity contribution in [2.45, 2.75) is 51.1 Å². The standard InChI is InChI=1S/C23H25ClFN3S/c24-20-13-17(11-12-21(20)25)27-23(29)28(18-7-3-1-2-4-8-18)15-16-14-26-22-10-6-5-9-19(16)22/h5-6,9-14,18,26H,1-4,7-8,15H2,(H,27,29). The summed E-state index contributed by atoms with van der Waals surface area (Å²) in [6.45, 7) is 0.732. The van der Waals surface area contributed by atoms with E-state index in [9.17, 15) is 4.39 Å². The molecule has 0 radical (unpaired) electrons. The van der Waals surface area contributed by atoms with Crippen molar-refractivity contribution in [3.8, 4) is 0 Å². The molecular weight excluding hydrogens is 405 g/mol. The highest BCUT2D eigenvalue weighted by atomic mass is 35.5. The van der Waals surface area contributed by atoms with Gasteiger partial charge in [0, 0.05) is 35.4 Å². The van der Waals surface area contributed by atoms with Crippen LogP contribution in [0.15, 0.2) is 48.7 Å². The Labute approximate surface area is 181 Å². The van der Waals surface area contributed by atoms with Crippen LogP contribution in [0.2, 0.25) is 5.02 Å². The van der Waals surface area contributed by atoms with Gasteiger partial charge in [0.1, 0.15) is 5.82 Å². The predicted octanol–water partition coefficient (Wildman–Crippen LogP) is 6.88. The molecule has 2 N–H and O–H groups in total. The summed E-state index contributed by atoms with van der Waals surface area (Å²) >= 11 is 11.8. The lowest BCUT2D eigenvalue weighted by molar-refractivity contribution is 0.281. The second kappa shape index (κ2) is 9.14. The third kappa shape index (κ3) is 4.73. The lowest BCUT2D eigenvalue weighted by Crippen LogP contribution is -2.42. The number of hydrogen-bond acceptors (Lipinski definition) is 1. The molecule has 1 aromatic heterocycles. The normalized spacial score (nSPS) is 15.2. The maximum absolute atomic E-state index is 13.5. The van der Waals surface area contributed by atoms with Crippen molar-refractivity contribution in [2.75, 3.05) is 5.32 Å². The van der Waals surface area contributed by atoms with E-state index in [1.807, 2.05) is 6.07 Å². The average Bonchev–Trinajstić information content (AvgIpc) is 2.93. The second-order valence-corrected chi connectivity index (χ2v) is 8.49. The van der Waals surface area contributed by atoms with Crippen LogP contribution in [0.25, 0.3) is 10.9 Å². The van der Waals surface area contributed by atoms with E-state index >= 15 is 0 Å². The molecule has 29 heavy (non-hydrogen) atoms. The van der Waals surface area contributed by atoms with Gasteiger partial charge in [-0.05, 0) is 54.9 Å². The molecule has 0 atom stereocenters. The topological polar surface area (TPSA) is 31.1 Å². The first-order valence-corrected chi connectivity index (χ1v) is 11.0. The number of rotatable bonds is 4. The molecule has 1 saturated carbocycles. The predicted molar refractivity (Wildman–Crippen MR) is 123 cm³/mol. The number of hydrogen-bond donors (Lipinski definition) is 2. The lowest BCUT2D eigenvalue weighted by Gasteiger charge is -2.33. The molecule has 6 heteroatoms. The van der Waals surface area contributed by atoms with Gasteiger partial charge < -0.3 is 15.2 Å². The summed E-state index contributed by atoms with van der Waals surface area (Å²) in [4.78, 5) is 5.66. The number of fused-ring (bicyclic) bond motifs is 1. The molecule has 4 rings (SSSR count). The fraction of sp³-hybridized carbons (Fsp3) is 0.348. The Hall–Kier alpha value is -2.11. The molecule has 1 aliphatic rings. The summed E-state index contributed by atoms with van der Waals surface area (Å²) in [6, 6.07) is 13.3. The van der Waals surface area contributed by atoms with Gasteiger partial charge in [-0.3, -0.25) is 0 Å². The van der Waals surface area contributed by atoms with Crippen LogP contribution in [0, 0.1) is 5.82 Å². The Kier molecular flexibility index (Phi) is 6.36. The van der Waals surface area contributed by atoms with Crippen molar-refractivity contribution >= 4 is 45.5 Å². The first-order chi connectivity index (χ1) is 14.1. The summed E-state index contributed by atoms with van der Waals surface area (Å²) in [6.07, 6.45) is 9.35. The highest BCUT2D eigenvalue weighted by Gasteiger charge is 2.24. The zero-order valence-electron chi connectivity index (χ0n) is 16.3. The molecule has 2 aromatic carbocycles. The van der Waals surface area contributed by atoms with Crippen molar-refractivity contribution in [2.24, 2.45) is 0 Å². The number of benzene rings is 2. The van der Waals surface area contributed by atoms with Gasteiger partial charge in [0.15, 0.2) is 5.11 Å². The number of nitrogens with zero attached hydrogens (tertiary/aromatic N) is 1. The van der Waals surface area contributed by atoms with Crippen LogP contribution in [0.4, 0.5) is 10.1 Å². The third-order valence-corrected chi connectivity index (χ3v) is 6.34. The van der Waals surface area contributed by atoms with E-state index < -0.39 is 5.82 Å². The minimum atomic E-state index is -0.428. The number of halogens is 2. The highest BCUT2D eigenvalue weighted by Crippen LogP contribution is 2.27. The van der Waals surface area contributed by atoms with Crippen molar-refractivity contribution in [3.63, 3.8) is 0 Å². The van der Waals surface area contributed by atoms with Gasteiger partial charge in [0.2, 0.25) is 0 Å². The van der Waals surface area contributed by atoms with E-state index in [2.05, 4.69) is 39.6 Å². The van der Waals surface area contributed by atoms with E-state index in [1.165, 1.54) is 42.7 Å². The van der Waals surface area contributed by atoms with Gasteiger partial charge in [0.05, 0.1) is 5.02 Å². The zero-order valence-corrected chi connectivity index (χ0v) is 17.8. The van der Waals surface area contributed by atoms with Crippen LogP contribution in [-0.4, -0.2) is 21.0 Å². The number of nitrogens with one attached hydrogen (secondary N) is 2. The Morgan fingerprint density at radius 2 is 1.90 bits per heavy atom. The number of para-hydroxylation sites is 1. The monoisotopic (exact) mass is 429 g/mol. The van der Waals surface area contributed by atoms with Gasteiger partial charge in [0.25, 0.3) is 0 Å². The number of H-pyrrole nitrogens is 1. The maximum Gasteiger partial charge on any atom is 0.173 e. The molecule has 1 aliphatic carbocycles. The molecule has 0 aliphatic heterocycles. The maximum atomic E-state index is 13.5. The van der Waals surface area contributed by atoms with Crippen molar-refractivity contribution in [1.82, 2.24) is 9.88 Å². The minimum absolute atomic E-state index is 0.0930. The summed E-state index contributed by atoms with van der Waals surface area (Å²) in [5, 5.41) is 5.26. The van der Waals surface area contributed by atoms with E-state index in [4.69, 9.17) is 23.8 Å². The molecular formula is C23H25ClFN3S. The number of thiocarbonyl (C=S) groups is 1. The fourth-order valence-electron chi connectivity index (χ4n) is 4.15. The molecule has 152 valence electrons. The molecule has 0 saturated heterocycles. The van der Waals surface area contributed by atoms with Crippen LogP contribution in [0.3, 0.4) is 0 Å². The van der Waals surface area contributed by atoms with Crippen LogP contribution < -0.4 is 5.32 Å². The van der Waals surface area contributed by atoms with Gasteiger partial charge in [-0.1, -0.05) is 55.5 Å². The summed E-state index contributed by atoms with van der Waals surface area (Å²) in [5.41, 5.74) is 3.07. The minimum Gasteiger partial charge on any atom is -0.361 e. The van der Waals surface area contributed by atoms with E-state index in [-0.39, 0.29) is 5.02 Å². The summed E-state index contributed by atoms with van der Waals surface area (Å²) in [5.74, 6) is -0.428. The van der Waals surface area contributed by atoms with Gasteiger partial charge in [-0.25, -0.2) is 4.39 Å². The van der Waals surface area contributed by atoms with Gasteiger partial charge >= 0.3 is 0 Å². The van der Waals surface area contributed by atoms with Crippen molar-refractivity contribution in [3.05, 3.63) is 65.1 Å². The largest absolute Gasteiger partial charge is 0.361 e. The summed E-state index contributed by atoms with van der Waals surface area (Å²) in [7, 11) is 0. The molecule has 0 bridgehead atoms. The second-order valence-electron chi connectivity index (χ2n) is 7.69. The Bertz CT molecular complexity index is 995. The number of anilines is 1. The lowest BCUT2D eigenvalue weighted by atomic mass is 10.1. The molecule has 0 amide bonds. The third-order valence-electron chi connectivity index (χ3n) is 5.71. The summed E-state index contributed by atoms with van der Waals surface area (Å²) < 4.78 is 13.5. The zero-order chi connectivity index (χ0) is 20.2. The Balaban J connectivity index is 1.60. The van der Waals surface area contributed by atoms with Crippen LogP contribution in [0.5, 0.6) is 0 Å². The number of aromatic nitrogens is 1. The fourth-order valence-corrected chi connectivity index (χ4v) is 4.66. The number of aromatic amines is 1. The Morgan fingerprint density at radius 3 is 2.66 bits per heavy atom. The molecule has 3 aromatic rings. The Morgan fingerprint density at radius 1 is 1.14 bits per heavy atom. The first kappa shape index (κ1) is 20.2.